The number of amides is 1. The van der Waals surface area contributed by atoms with Gasteiger partial charge in [-0.15, -0.1) is 0 Å². The Labute approximate surface area is 154 Å². The van der Waals surface area contributed by atoms with E-state index in [9.17, 15) is 13.2 Å². The minimum absolute atomic E-state index is 0.00187. The first-order valence-electron chi connectivity index (χ1n) is 9.26. The second kappa shape index (κ2) is 6.92. The fraction of sp³-hybridized carbons (Fsp3) is 0.824. The average Bonchev–Trinajstić information content (AvgIpc) is 3.20. The molecule has 26 heavy (non-hydrogen) atoms. The SMILES string of the molecule is CCC(CC)C(=O)N[C@@H]1C[C@H]2CN(S(C)(=O)=O)C[C@@]2(c2nc(C)no2)C1. The van der Waals surface area contributed by atoms with Gasteiger partial charge in [0.2, 0.25) is 21.8 Å². The Balaban J connectivity index is 1.83. The van der Waals surface area contributed by atoms with Crippen molar-refractivity contribution >= 4 is 15.9 Å². The van der Waals surface area contributed by atoms with Gasteiger partial charge < -0.3 is 9.84 Å². The molecule has 0 aromatic carbocycles. The van der Waals surface area contributed by atoms with Crippen LogP contribution in [-0.4, -0.2) is 54.2 Å². The van der Waals surface area contributed by atoms with Gasteiger partial charge in [-0.25, -0.2) is 12.7 Å². The Morgan fingerprint density at radius 2 is 2.12 bits per heavy atom. The number of nitrogens with one attached hydrogen (secondary N) is 1. The molecule has 0 bridgehead atoms. The number of fused-ring (bicyclic) bond motifs is 1. The van der Waals surface area contributed by atoms with E-state index in [2.05, 4.69) is 15.5 Å². The molecule has 1 saturated heterocycles. The number of carbonyl (C=O) groups excluding carboxylic acids is 1. The van der Waals surface area contributed by atoms with E-state index in [0.717, 1.165) is 19.3 Å². The van der Waals surface area contributed by atoms with Crippen molar-refractivity contribution < 1.29 is 17.7 Å². The molecule has 9 heteroatoms. The first-order chi connectivity index (χ1) is 12.2. The highest BCUT2D eigenvalue weighted by molar-refractivity contribution is 7.88. The smallest absolute Gasteiger partial charge is 0.234 e. The maximum Gasteiger partial charge on any atom is 0.234 e. The van der Waals surface area contributed by atoms with Crippen LogP contribution in [0.25, 0.3) is 0 Å². The number of hydrogen-bond acceptors (Lipinski definition) is 6. The zero-order valence-electron chi connectivity index (χ0n) is 15.9. The Kier molecular flexibility index (Phi) is 5.13. The molecule has 1 N–H and O–H groups in total. The maximum atomic E-state index is 12.5. The molecule has 2 heterocycles. The van der Waals surface area contributed by atoms with Gasteiger partial charge in [0.05, 0.1) is 11.7 Å². The largest absolute Gasteiger partial charge is 0.353 e. The number of aryl methyl sites for hydroxylation is 1. The van der Waals surface area contributed by atoms with Crippen molar-refractivity contribution in [1.82, 2.24) is 19.8 Å². The summed E-state index contributed by atoms with van der Waals surface area (Å²) in [5.41, 5.74) is -0.518. The summed E-state index contributed by atoms with van der Waals surface area (Å²) in [5, 5.41) is 7.07. The third-order valence-corrected chi connectivity index (χ3v) is 7.19. The van der Waals surface area contributed by atoms with Crippen molar-refractivity contribution in [2.24, 2.45) is 11.8 Å². The third kappa shape index (κ3) is 3.38. The Morgan fingerprint density at radius 3 is 2.65 bits per heavy atom. The molecule has 0 unspecified atom stereocenters. The van der Waals surface area contributed by atoms with Gasteiger partial charge in [-0.2, -0.15) is 4.98 Å². The molecule has 1 aliphatic heterocycles. The highest BCUT2D eigenvalue weighted by atomic mass is 32.2. The zero-order valence-corrected chi connectivity index (χ0v) is 16.7. The van der Waals surface area contributed by atoms with Gasteiger partial charge >= 0.3 is 0 Å². The number of sulfonamides is 1. The van der Waals surface area contributed by atoms with E-state index >= 15 is 0 Å². The van der Waals surface area contributed by atoms with E-state index in [-0.39, 0.29) is 23.8 Å². The van der Waals surface area contributed by atoms with Crippen molar-refractivity contribution in [3.63, 3.8) is 0 Å². The van der Waals surface area contributed by atoms with Crippen LogP contribution in [0, 0.1) is 18.8 Å². The summed E-state index contributed by atoms with van der Waals surface area (Å²) in [6.07, 6.45) is 4.20. The number of hydrogen-bond donors (Lipinski definition) is 1. The summed E-state index contributed by atoms with van der Waals surface area (Å²) >= 11 is 0. The molecule has 3 rings (SSSR count). The quantitative estimate of drug-likeness (QED) is 0.791. The summed E-state index contributed by atoms with van der Waals surface area (Å²) < 4.78 is 31.1. The standard InChI is InChI=1S/C17H28N4O4S/c1-5-12(6-2)15(22)19-14-7-13-9-21(26(4,23)24)10-17(13,8-14)16-18-11(3)20-25-16/h12-14H,5-10H2,1-4H3,(H,19,22)/t13-,14+,17-/m0/s1. The lowest BCUT2D eigenvalue weighted by Gasteiger charge is -2.25. The van der Waals surface area contributed by atoms with Gasteiger partial charge in [0, 0.05) is 25.0 Å². The first kappa shape index (κ1) is 19.3. The Bertz CT molecular complexity index is 773. The molecule has 1 aromatic heterocycles. The lowest BCUT2D eigenvalue weighted by Crippen LogP contribution is -2.41. The summed E-state index contributed by atoms with van der Waals surface area (Å²) in [5.74, 6) is 1.19. The Hall–Kier alpha value is -1.48. The highest BCUT2D eigenvalue weighted by Gasteiger charge is 2.59. The fourth-order valence-electron chi connectivity index (χ4n) is 4.50. The minimum Gasteiger partial charge on any atom is -0.353 e. The van der Waals surface area contributed by atoms with E-state index in [0.29, 0.717) is 31.2 Å². The van der Waals surface area contributed by atoms with Crippen molar-refractivity contribution in [2.75, 3.05) is 19.3 Å². The molecule has 2 fully saturated rings. The second-order valence-electron chi connectivity index (χ2n) is 7.71. The van der Waals surface area contributed by atoms with E-state index in [1.807, 2.05) is 13.8 Å². The van der Waals surface area contributed by atoms with Crippen LogP contribution in [0.3, 0.4) is 0 Å². The number of nitrogens with zero attached hydrogens (tertiary/aromatic N) is 3. The maximum absolute atomic E-state index is 12.5. The van der Waals surface area contributed by atoms with Crippen LogP contribution in [-0.2, 0) is 20.2 Å². The molecule has 1 saturated carbocycles. The lowest BCUT2D eigenvalue weighted by atomic mass is 9.80. The van der Waals surface area contributed by atoms with E-state index < -0.39 is 15.4 Å². The average molecular weight is 385 g/mol. The van der Waals surface area contributed by atoms with E-state index in [1.165, 1.54) is 10.6 Å². The molecule has 1 amide bonds. The van der Waals surface area contributed by atoms with Crippen molar-refractivity contribution in [1.29, 1.82) is 0 Å². The fourth-order valence-corrected chi connectivity index (χ4v) is 5.41. The summed E-state index contributed by atoms with van der Waals surface area (Å²) in [4.78, 5) is 16.9. The van der Waals surface area contributed by atoms with Crippen LogP contribution in [0.5, 0.6) is 0 Å². The minimum atomic E-state index is -3.29. The molecular formula is C17H28N4O4S. The lowest BCUT2D eigenvalue weighted by molar-refractivity contribution is -0.125. The molecule has 146 valence electrons. The van der Waals surface area contributed by atoms with Gasteiger partial charge in [-0.3, -0.25) is 4.79 Å². The van der Waals surface area contributed by atoms with Gasteiger partial charge in [0.15, 0.2) is 5.82 Å². The van der Waals surface area contributed by atoms with E-state index in [4.69, 9.17) is 4.52 Å². The topological polar surface area (TPSA) is 105 Å². The number of carbonyl (C=O) groups is 1. The van der Waals surface area contributed by atoms with Crippen molar-refractivity contribution in [2.45, 2.75) is 57.9 Å². The molecule has 8 nitrogen and oxygen atoms in total. The van der Waals surface area contributed by atoms with Gasteiger partial charge in [0.25, 0.3) is 0 Å². The van der Waals surface area contributed by atoms with Crippen LogP contribution in [0.15, 0.2) is 4.52 Å². The van der Waals surface area contributed by atoms with Gasteiger partial charge in [-0.05, 0) is 38.5 Å². The molecule has 3 atom stereocenters. The summed E-state index contributed by atoms with van der Waals surface area (Å²) in [7, 11) is -3.29. The number of aromatic nitrogens is 2. The van der Waals surface area contributed by atoms with Crippen molar-refractivity contribution in [3.05, 3.63) is 11.7 Å². The Morgan fingerprint density at radius 1 is 1.42 bits per heavy atom. The molecule has 0 spiro atoms. The van der Waals surface area contributed by atoms with Gasteiger partial charge in [0.1, 0.15) is 0 Å². The second-order valence-corrected chi connectivity index (χ2v) is 9.70. The first-order valence-corrected chi connectivity index (χ1v) is 11.1. The summed E-state index contributed by atoms with van der Waals surface area (Å²) in [6, 6.07) is 0.00187. The normalized spacial score (nSPS) is 29.3. The number of rotatable bonds is 6. The van der Waals surface area contributed by atoms with Crippen LogP contribution < -0.4 is 5.32 Å². The van der Waals surface area contributed by atoms with E-state index in [1.54, 1.807) is 6.92 Å². The molecule has 0 radical (unpaired) electrons. The van der Waals surface area contributed by atoms with Crippen LogP contribution in [0.2, 0.25) is 0 Å². The molecule has 1 aliphatic carbocycles. The third-order valence-electron chi connectivity index (χ3n) is 5.97. The monoisotopic (exact) mass is 384 g/mol. The van der Waals surface area contributed by atoms with Gasteiger partial charge in [-0.1, -0.05) is 19.0 Å². The van der Waals surface area contributed by atoms with Crippen LogP contribution in [0.4, 0.5) is 0 Å². The zero-order chi connectivity index (χ0) is 19.1. The molecular weight excluding hydrogens is 356 g/mol. The summed E-state index contributed by atoms with van der Waals surface area (Å²) in [6.45, 7) is 6.55. The highest BCUT2D eigenvalue weighted by Crippen LogP contribution is 2.50. The molecule has 2 aliphatic rings. The predicted molar refractivity (Wildman–Crippen MR) is 95.9 cm³/mol. The van der Waals surface area contributed by atoms with Crippen molar-refractivity contribution in [3.8, 4) is 0 Å². The van der Waals surface area contributed by atoms with Crippen LogP contribution >= 0.6 is 0 Å². The predicted octanol–water partition coefficient (Wildman–Crippen LogP) is 1.22. The van der Waals surface area contributed by atoms with Crippen LogP contribution in [0.1, 0.15) is 51.2 Å². The molecule has 1 aromatic rings.